The number of cyclic esters (lactones) is 1. The number of nitrogens with zero attached hydrogens (tertiary/aromatic N) is 3. The number of hydrogen-bond donors (Lipinski definition) is 1. The van der Waals surface area contributed by atoms with Crippen LogP contribution in [0.25, 0.3) is 10.2 Å². The Labute approximate surface area is 350 Å². The second-order valence-corrected chi connectivity index (χ2v) is 19.3. The second kappa shape index (κ2) is 18.8. The Kier molecular flexibility index (Phi) is 15.0. The molecule has 5 rings (SSSR count). The Balaban J connectivity index is 1.45. The lowest BCUT2D eigenvalue weighted by Crippen LogP contribution is -2.60. The van der Waals surface area contributed by atoms with Crippen molar-refractivity contribution in [2.75, 3.05) is 40.6 Å². The molecule has 2 aromatic rings. The monoisotopic (exact) mass is 849 g/mol. The van der Waals surface area contributed by atoms with Gasteiger partial charge in [-0.3, -0.25) is 14.4 Å². The molecule has 1 amide bonds. The van der Waals surface area contributed by atoms with Crippen LogP contribution in [0.3, 0.4) is 0 Å². The first-order valence-corrected chi connectivity index (χ1v) is 22.2. The Morgan fingerprint density at radius 3 is 2.40 bits per heavy atom. The third-order valence-corrected chi connectivity index (χ3v) is 14.8. The Hall–Kier alpha value is -2.86. The van der Waals surface area contributed by atoms with Crippen LogP contribution in [0.5, 0.6) is 5.75 Å². The van der Waals surface area contributed by atoms with E-state index >= 15 is 0 Å². The number of methoxy groups -OCH3 is 2. The third kappa shape index (κ3) is 9.37. The van der Waals surface area contributed by atoms with E-state index in [2.05, 4.69) is 0 Å². The van der Waals surface area contributed by atoms with Gasteiger partial charge in [-0.2, -0.15) is 0 Å². The van der Waals surface area contributed by atoms with Crippen LogP contribution in [0.1, 0.15) is 81.1 Å². The maximum atomic E-state index is 14.7. The Morgan fingerprint density at radius 2 is 1.76 bits per heavy atom. The van der Waals surface area contributed by atoms with Crippen LogP contribution in [0.4, 0.5) is 4.79 Å². The van der Waals surface area contributed by atoms with Crippen molar-refractivity contribution in [3.05, 3.63) is 18.2 Å². The van der Waals surface area contributed by atoms with Gasteiger partial charge in [-0.1, -0.05) is 39.5 Å². The number of rotatable bonds is 11. The molecular formula is C42H63N3O11S2. The van der Waals surface area contributed by atoms with Crippen LogP contribution in [0.2, 0.25) is 0 Å². The van der Waals surface area contributed by atoms with Crippen molar-refractivity contribution < 1.29 is 52.7 Å². The summed E-state index contributed by atoms with van der Waals surface area (Å²) in [6.45, 7) is 14.3. The van der Waals surface area contributed by atoms with Crippen molar-refractivity contribution in [2.24, 2.45) is 23.7 Å². The first-order valence-electron chi connectivity index (χ1n) is 20.4. The Bertz CT molecular complexity index is 1790. The number of thiazole rings is 1. The molecule has 3 saturated heterocycles. The van der Waals surface area contributed by atoms with Gasteiger partial charge in [0.1, 0.15) is 29.7 Å². The molecule has 16 heteroatoms. The number of ketones is 2. The molecule has 1 aromatic carbocycles. The predicted octanol–water partition coefficient (Wildman–Crippen LogP) is 5.99. The van der Waals surface area contributed by atoms with Gasteiger partial charge in [-0.05, 0) is 79.6 Å². The molecule has 3 fully saturated rings. The van der Waals surface area contributed by atoms with Crippen LogP contribution in [0.15, 0.2) is 22.5 Å². The van der Waals surface area contributed by atoms with Gasteiger partial charge in [0.05, 0.1) is 41.2 Å². The quantitative estimate of drug-likeness (QED) is 0.121. The summed E-state index contributed by atoms with van der Waals surface area (Å²) in [5.41, 5.74) is -1.82. The molecule has 0 aliphatic carbocycles. The van der Waals surface area contributed by atoms with Crippen molar-refractivity contribution >= 4 is 56.9 Å². The summed E-state index contributed by atoms with van der Waals surface area (Å²) in [6, 6.07) is 4.71. The lowest BCUT2D eigenvalue weighted by atomic mass is 9.73. The van der Waals surface area contributed by atoms with Gasteiger partial charge in [0, 0.05) is 49.3 Å². The molecule has 13 atom stereocenters. The minimum absolute atomic E-state index is 0.128. The van der Waals surface area contributed by atoms with Gasteiger partial charge in [0.25, 0.3) is 0 Å². The highest BCUT2D eigenvalue weighted by Crippen LogP contribution is 2.43. The highest BCUT2D eigenvalue weighted by Gasteiger charge is 2.60. The third-order valence-electron chi connectivity index (χ3n) is 12.5. The normalized spacial score (nSPS) is 36.8. The van der Waals surface area contributed by atoms with Crippen molar-refractivity contribution in [3.8, 4) is 5.75 Å². The van der Waals surface area contributed by atoms with Crippen LogP contribution in [-0.4, -0.2) is 138 Å². The number of Topliss-reactive ketones (excluding diaryl/α,β-unsaturated/α-hetero) is 2. The first-order chi connectivity index (χ1) is 27.3. The molecule has 14 nitrogen and oxygen atoms in total. The minimum atomic E-state index is -1.40. The number of benzene rings is 1. The molecule has 0 radical (unpaired) electrons. The maximum absolute atomic E-state index is 14.7. The van der Waals surface area contributed by atoms with E-state index in [1.54, 1.807) is 62.8 Å². The smallest absolute Gasteiger partial charge is 0.410 e. The summed E-state index contributed by atoms with van der Waals surface area (Å²) in [5.74, 6) is -3.58. The fourth-order valence-corrected chi connectivity index (χ4v) is 11.2. The fourth-order valence-electron chi connectivity index (χ4n) is 9.18. The molecule has 4 heterocycles. The number of carbonyl (C=O) groups excluding carboxylic acids is 4. The van der Waals surface area contributed by atoms with E-state index in [0.717, 1.165) is 20.3 Å². The van der Waals surface area contributed by atoms with Crippen LogP contribution in [0, 0.1) is 23.7 Å². The Morgan fingerprint density at radius 1 is 1.05 bits per heavy atom. The van der Waals surface area contributed by atoms with Crippen molar-refractivity contribution in [1.82, 2.24) is 14.8 Å². The van der Waals surface area contributed by atoms with Gasteiger partial charge < -0.3 is 43.3 Å². The van der Waals surface area contributed by atoms with Crippen LogP contribution < -0.4 is 4.74 Å². The SMILES string of the molecule is CC[C@H]1OC(=O)[C@H](C)C(=O)[C@H](C)[C@@H](O[C@@H]2O[C@H](C)C[C@H](N(C)C)[C@H]2O)[C@@](C)(OC)C[C@@H](C)C(=O)[C@H](C)[C@H]2N(CCCSc3nc4cc(OC)ccc4s3)C(=O)O[C@]12C. The van der Waals surface area contributed by atoms with E-state index in [0.29, 0.717) is 18.6 Å². The number of carbonyl (C=O) groups is 4. The van der Waals surface area contributed by atoms with Crippen molar-refractivity contribution in [1.29, 1.82) is 0 Å². The number of aliphatic hydroxyl groups is 1. The summed E-state index contributed by atoms with van der Waals surface area (Å²) in [4.78, 5) is 65.1. The number of amides is 1. The lowest BCUT2D eigenvalue weighted by Gasteiger charge is -2.47. The largest absolute Gasteiger partial charge is 0.497 e. The second-order valence-electron chi connectivity index (χ2n) is 16.9. The molecule has 0 spiro atoms. The van der Waals surface area contributed by atoms with E-state index < -0.39 is 83.4 Å². The first kappa shape index (κ1) is 46.2. The van der Waals surface area contributed by atoms with Gasteiger partial charge >= 0.3 is 12.1 Å². The molecule has 1 aromatic heterocycles. The molecule has 3 aliphatic heterocycles. The lowest BCUT2D eigenvalue weighted by molar-refractivity contribution is -0.295. The fraction of sp³-hybridized carbons (Fsp3) is 0.738. The highest BCUT2D eigenvalue weighted by atomic mass is 32.2. The average Bonchev–Trinajstić information content (AvgIpc) is 3.72. The number of thioether (sulfide) groups is 1. The zero-order valence-electron chi connectivity index (χ0n) is 36.0. The van der Waals surface area contributed by atoms with E-state index in [9.17, 15) is 24.3 Å². The molecule has 3 aliphatic rings. The topological polar surface area (TPSA) is 163 Å². The average molecular weight is 850 g/mol. The number of fused-ring (bicyclic) bond motifs is 2. The van der Waals surface area contributed by atoms with Gasteiger partial charge in [0.15, 0.2) is 22.0 Å². The molecule has 324 valence electrons. The predicted molar refractivity (Wildman–Crippen MR) is 221 cm³/mol. The van der Waals surface area contributed by atoms with E-state index in [1.807, 2.05) is 58.0 Å². The highest BCUT2D eigenvalue weighted by molar-refractivity contribution is 8.01. The molecule has 58 heavy (non-hydrogen) atoms. The van der Waals surface area contributed by atoms with Gasteiger partial charge in [-0.25, -0.2) is 9.78 Å². The van der Waals surface area contributed by atoms with E-state index in [1.165, 1.54) is 14.0 Å². The summed E-state index contributed by atoms with van der Waals surface area (Å²) >= 11 is 3.17. The number of esters is 1. The number of ether oxygens (including phenoxy) is 6. The molecule has 0 unspecified atom stereocenters. The van der Waals surface area contributed by atoms with E-state index in [-0.39, 0.29) is 37.3 Å². The number of aliphatic hydroxyl groups excluding tert-OH is 1. The van der Waals surface area contributed by atoms with Crippen LogP contribution >= 0.6 is 23.1 Å². The molecule has 0 bridgehead atoms. The van der Waals surface area contributed by atoms with Crippen LogP contribution in [-0.2, 0) is 38.1 Å². The van der Waals surface area contributed by atoms with Gasteiger partial charge in [0.2, 0.25) is 0 Å². The van der Waals surface area contributed by atoms with Crippen molar-refractivity contribution in [3.63, 3.8) is 0 Å². The number of likely N-dealkylation sites (N-methyl/N-ethyl adjacent to an activating group) is 1. The molecular weight excluding hydrogens is 787 g/mol. The zero-order valence-corrected chi connectivity index (χ0v) is 37.6. The summed E-state index contributed by atoms with van der Waals surface area (Å²) < 4.78 is 38.5. The zero-order chi connectivity index (χ0) is 42.9. The number of aromatic nitrogens is 1. The standard InChI is InChI=1S/C42H63N3O11S2/c1-13-31-42(8)35(45(40(50)56-42)17-14-18-57-39-43-28-20-27(51-11)15-16-30(28)58-39)24(4)32(46)22(2)21-41(7,52-12)36(25(5)33(47)26(6)37(49)54-31)55-38-34(48)29(44(9)10)19-23(3)53-38/h15-16,20,22-26,29,31,34-36,38,48H,13-14,17-19,21H2,1-12H3/t22-,23-,24+,25+,26-,29+,31-,34-,35-,36-,38+,41+,42-/m1/s1. The number of hydrogen-bond acceptors (Lipinski definition) is 15. The van der Waals surface area contributed by atoms with Crippen molar-refractivity contribution in [2.45, 2.75) is 139 Å². The summed E-state index contributed by atoms with van der Waals surface area (Å²) in [6.07, 6.45) is -3.49. The summed E-state index contributed by atoms with van der Waals surface area (Å²) in [7, 11) is 6.86. The molecule has 0 saturated carbocycles. The minimum Gasteiger partial charge on any atom is -0.497 e. The van der Waals surface area contributed by atoms with Gasteiger partial charge in [-0.15, -0.1) is 11.3 Å². The summed E-state index contributed by atoms with van der Waals surface area (Å²) in [5, 5.41) is 11.4. The molecule has 1 N–H and O–H groups in total. The van der Waals surface area contributed by atoms with E-state index in [4.69, 9.17) is 33.4 Å². The maximum Gasteiger partial charge on any atom is 0.410 e.